The minimum absolute atomic E-state index is 0.0817. The van der Waals surface area contributed by atoms with Crippen molar-refractivity contribution in [1.29, 1.82) is 0 Å². The van der Waals surface area contributed by atoms with Gasteiger partial charge in [0.2, 0.25) is 11.8 Å². The third kappa shape index (κ3) is 6.12. The lowest BCUT2D eigenvalue weighted by Crippen LogP contribution is -2.38. The number of nitrogens with zero attached hydrogens (tertiary/aromatic N) is 2. The van der Waals surface area contributed by atoms with Crippen molar-refractivity contribution in [3.05, 3.63) is 62.6 Å². The van der Waals surface area contributed by atoms with Gasteiger partial charge in [-0.2, -0.15) is 0 Å². The number of halogens is 2. The molecule has 0 unspecified atom stereocenters. The monoisotopic (exact) mass is 410 g/mol. The average Bonchev–Trinajstić information content (AvgIpc) is 2.62. The molecule has 0 radical (unpaired) electrons. The number of carbonyl (C=O) groups excluding carboxylic acids is 2. The van der Waals surface area contributed by atoms with Crippen LogP contribution in [0.25, 0.3) is 0 Å². The van der Waals surface area contributed by atoms with Crippen LogP contribution >= 0.6 is 23.2 Å². The number of non-ortho nitro benzene ring substituents is 1. The molecule has 0 aliphatic rings. The second-order valence-electron chi connectivity index (χ2n) is 5.59. The predicted molar refractivity (Wildman–Crippen MR) is 104 cm³/mol. The molecular weight excluding hydrogens is 395 g/mol. The van der Waals surface area contributed by atoms with Gasteiger partial charge in [-0.05, 0) is 24.3 Å². The highest BCUT2D eigenvalue weighted by Gasteiger charge is 2.14. The Morgan fingerprint density at radius 3 is 2.52 bits per heavy atom. The van der Waals surface area contributed by atoms with Crippen LogP contribution in [0, 0.1) is 10.1 Å². The van der Waals surface area contributed by atoms with Gasteiger partial charge in [-0.1, -0.05) is 29.3 Å². The number of amides is 2. The van der Waals surface area contributed by atoms with E-state index in [0.717, 1.165) is 0 Å². The topological polar surface area (TPSA) is 105 Å². The van der Waals surface area contributed by atoms with Crippen LogP contribution in [-0.4, -0.2) is 41.8 Å². The fourth-order valence-electron chi connectivity index (χ4n) is 2.12. The molecule has 2 aromatic carbocycles. The summed E-state index contributed by atoms with van der Waals surface area (Å²) in [5, 5.41) is 16.8. The molecule has 0 saturated heterocycles. The smallest absolute Gasteiger partial charge is 0.271 e. The fraction of sp³-hybridized carbons (Fsp3) is 0.176. The summed E-state index contributed by atoms with van der Waals surface area (Å²) in [4.78, 5) is 35.6. The van der Waals surface area contributed by atoms with Gasteiger partial charge in [0.05, 0.1) is 28.1 Å². The largest absolute Gasteiger partial charge is 0.376 e. The molecule has 0 atom stereocenters. The van der Waals surface area contributed by atoms with E-state index in [0.29, 0.717) is 21.4 Å². The molecule has 0 aliphatic heterocycles. The molecule has 27 heavy (non-hydrogen) atoms. The van der Waals surface area contributed by atoms with Gasteiger partial charge in [0, 0.05) is 30.6 Å². The van der Waals surface area contributed by atoms with Crippen molar-refractivity contribution in [2.75, 3.05) is 30.8 Å². The van der Waals surface area contributed by atoms with Gasteiger partial charge in [-0.3, -0.25) is 19.7 Å². The number of anilines is 2. The molecule has 0 bridgehead atoms. The number of likely N-dealkylation sites (N-methyl/N-ethyl adjacent to an activating group) is 1. The fourth-order valence-corrected chi connectivity index (χ4v) is 2.42. The number of benzene rings is 2. The summed E-state index contributed by atoms with van der Waals surface area (Å²) >= 11 is 11.7. The van der Waals surface area contributed by atoms with E-state index in [-0.39, 0.29) is 24.7 Å². The molecule has 2 N–H and O–H groups in total. The van der Waals surface area contributed by atoms with Crippen LogP contribution in [-0.2, 0) is 9.59 Å². The summed E-state index contributed by atoms with van der Waals surface area (Å²) in [6.45, 7) is -0.284. The summed E-state index contributed by atoms with van der Waals surface area (Å²) in [5.41, 5.74) is 0.818. The molecule has 8 nitrogen and oxygen atoms in total. The molecule has 0 saturated carbocycles. The highest BCUT2D eigenvalue weighted by Crippen LogP contribution is 2.25. The Bertz CT molecular complexity index is 876. The average molecular weight is 411 g/mol. The van der Waals surface area contributed by atoms with Gasteiger partial charge in [-0.15, -0.1) is 0 Å². The van der Waals surface area contributed by atoms with Crippen molar-refractivity contribution < 1.29 is 14.5 Å². The Labute approximate surface area is 165 Å². The number of hydrogen-bond acceptors (Lipinski definition) is 5. The molecule has 0 aromatic heterocycles. The SMILES string of the molecule is CN(CC(=O)Nc1ccc(Cl)c(Cl)c1)C(=O)CNc1cccc([N+](=O)[O-])c1. The van der Waals surface area contributed by atoms with Crippen molar-refractivity contribution in [1.82, 2.24) is 4.90 Å². The van der Waals surface area contributed by atoms with Gasteiger partial charge in [0.15, 0.2) is 0 Å². The standard InChI is InChI=1S/C17H16Cl2N4O4/c1-22(10-16(24)21-12-5-6-14(18)15(19)8-12)17(25)9-20-11-3-2-4-13(7-11)23(26)27/h2-8,20H,9-10H2,1H3,(H,21,24). The van der Waals surface area contributed by atoms with E-state index in [1.54, 1.807) is 18.2 Å². The minimum atomic E-state index is -0.521. The van der Waals surface area contributed by atoms with E-state index < -0.39 is 10.8 Å². The van der Waals surface area contributed by atoms with Gasteiger partial charge >= 0.3 is 0 Å². The first kappa shape index (κ1) is 20.5. The van der Waals surface area contributed by atoms with Crippen molar-refractivity contribution in [2.45, 2.75) is 0 Å². The van der Waals surface area contributed by atoms with Crippen LogP contribution in [0.4, 0.5) is 17.1 Å². The van der Waals surface area contributed by atoms with Crippen LogP contribution in [0.5, 0.6) is 0 Å². The van der Waals surface area contributed by atoms with Crippen LogP contribution < -0.4 is 10.6 Å². The summed E-state index contributed by atoms with van der Waals surface area (Å²) < 4.78 is 0. The Kier molecular flexibility index (Phi) is 6.98. The Hall–Kier alpha value is -2.84. The van der Waals surface area contributed by atoms with Crippen LogP contribution in [0.2, 0.25) is 10.0 Å². The third-order valence-corrected chi connectivity index (χ3v) is 4.25. The van der Waals surface area contributed by atoms with Gasteiger partial charge < -0.3 is 15.5 Å². The number of rotatable bonds is 7. The van der Waals surface area contributed by atoms with E-state index in [1.165, 1.54) is 36.2 Å². The Morgan fingerprint density at radius 1 is 1.11 bits per heavy atom. The van der Waals surface area contributed by atoms with E-state index in [2.05, 4.69) is 10.6 Å². The van der Waals surface area contributed by atoms with E-state index in [4.69, 9.17) is 23.2 Å². The van der Waals surface area contributed by atoms with E-state index in [1.807, 2.05) is 0 Å². The Morgan fingerprint density at radius 2 is 1.85 bits per heavy atom. The molecular formula is C17H16Cl2N4O4. The minimum Gasteiger partial charge on any atom is -0.376 e. The lowest BCUT2D eigenvalue weighted by atomic mass is 10.3. The quantitative estimate of drug-likeness (QED) is 0.537. The number of nitro benzene ring substituents is 1. The molecule has 2 rings (SSSR count). The third-order valence-electron chi connectivity index (χ3n) is 3.51. The zero-order valence-electron chi connectivity index (χ0n) is 14.2. The maximum atomic E-state index is 12.1. The molecule has 2 aromatic rings. The number of nitro groups is 1. The highest BCUT2D eigenvalue weighted by molar-refractivity contribution is 6.42. The van der Waals surface area contributed by atoms with Gasteiger partial charge in [0.25, 0.3) is 5.69 Å². The second-order valence-corrected chi connectivity index (χ2v) is 6.40. The molecule has 142 valence electrons. The number of carbonyl (C=O) groups is 2. The van der Waals surface area contributed by atoms with E-state index >= 15 is 0 Å². The van der Waals surface area contributed by atoms with Crippen molar-refractivity contribution in [3.8, 4) is 0 Å². The normalized spacial score (nSPS) is 10.2. The first-order valence-electron chi connectivity index (χ1n) is 7.73. The van der Waals surface area contributed by atoms with Gasteiger partial charge in [-0.25, -0.2) is 0 Å². The second kappa shape index (κ2) is 9.20. The predicted octanol–water partition coefficient (Wildman–Crippen LogP) is 3.41. The number of nitrogens with one attached hydrogen (secondary N) is 2. The first-order valence-corrected chi connectivity index (χ1v) is 8.49. The number of hydrogen-bond donors (Lipinski definition) is 2. The lowest BCUT2D eigenvalue weighted by molar-refractivity contribution is -0.384. The van der Waals surface area contributed by atoms with Gasteiger partial charge in [0.1, 0.15) is 0 Å². The van der Waals surface area contributed by atoms with E-state index in [9.17, 15) is 19.7 Å². The zero-order chi connectivity index (χ0) is 20.0. The molecule has 10 heteroatoms. The lowest BCUT2D eigenvalue weighted by Gasteiger charge is -2.17. The highest BCUT2D eigenvalue weighted by atomic mass is 35.5. The van der Waals surface area contributed by atoms with Crippen molar-refractivity contribution in [3.63, 3.8) is 0 Å². The van der Waals surface area contributed by atoms with Crippen LogP contribution in [0.1, 0.15) is 0 Å². The summed E-state index contributed by atoms with van der Waals surface area (Å²) in [5.74, 6) is -0.759. The molecule has 0 aliphatic carbocycles. The molecule has 2 amide bonds. The zero-order valence-corrected chi connectivity index (χ0v) is 15.8. The van der Waals surface area contributed by atoms with Crippen molar-refractivity contribution >= 4 is 52.1 Å². The van der Waals surface area contributed by atoms with Crippen LogP contribution in [0.3, 0.4) is 0 Å². The first-order chi connectivity index (χ1) is 12.8. The Balaban J connectivity index is 1.85. The summed E-state index contributed by atoms with van der Waals surface area (Å²) in [6, 6.07) is 10.5. The van der Waals surface area contributed by atoms with Crippen LogP contribution in [0.15, 0.2) is 42.5 Å². The summed E-state index contributed by atoms with van der Waals surface area (Å²) in [6.07, 6.45) is 0. The summed E-state index contributed by atoms with van der Waals surface area (Å²) in [7, 11) is 1.48. The maximum Gasteiger partial charge on any atom is 0.271 e. The molecule has 0 heterocycles. The maximum absolute atomic E-state index is 12.1. The molecule has 0 spiro atoms. The molecule has 0 fully saturated rings. The van der Waals surface area contributed by atoms with Crippen molar-refractivity contribution in [2.24, 2.45) is 0 Å².